The molecule has 1 aromatic carbocycles. The number of hydrogen-bond donors (Lipinski definition) is 1. The fourth-order valence-electron chi connectivity index (χ4n) is 3.01. The summed E-state index contributed by atoms with van der Waals surface area (Å²) < 4.78 is 1.75. The summed E-state index contributed by atoms with van der Waals surface area (Å²) in [5.41, 5.74) is 12.3. The van der Waals surface area contributed by atoms with Crippen LogP contribution in [-0.4, -0.2) is 22.2 Å². The number of benzene rings is 1. The summed E-state index contributed by atoms with van der Waals surface area (Å²) in [5.74, 6) is 0.0140. The fraction of sp³-hybridized carbons (Fsp3) is 0.375. The van der Waals surface area contributed by atoms with Crippen molar-refractivity contribution in [1.82, 2.24) is 9.78 Å². The summed E-state index contributed by atoms with van der Waals surface area (Å²) >= 11 is 0. The molecule has 1 aliphatic heterocycles. The topological polar surface area (TPSA) is 64.2 Å². The number of fused-ring (bicyclic) bond motifs is 1. The van der Waals surface area contributed by atoms with Crippen molar-refractivity contribution in [1.29, 1.82) is 0 Å². The molecule has 1 amide bonds. The van der Waals surface area contributed by atoms with Crippen LogP contribution in [-0.2, 0) is 13.5 Å². The highest BCUT2D eigenvalue weighted by molar-refractivity contribution is 6.09. The van der Waals surface area contributed by atoms with Crippen LogP contribution in [0.5, 0.6) is 0 Å². The lowest BCUT2D eigenvalue weighted by molar-refractivity contribution is 0.0988. The van der Waals surface area contributed by atoms with Crippen molar-refractivity contribution in [3.63, 3.8) is 0 Å². The van der Waals surface area contributed by atoms with E-state index in [9.17, 15) is 4.79 Å². The molecule has 5 heteroatoms. The second kappa shape index (κ2) is 4.62. The molecule has 1 aromatic heterocycles. The monoisotopic (exact) mass is 284 g/mol. The number of nitrogen functional groups attached to an aromatic ring is 1. The second-order valence-corrected chi connectivity index (χ2v) is 5.71. The Kier molecular flexibility index (Phi) is 3.01. The van der Waals surface area contributed by atoms with Crippen LogP contribution in [0.2, 0.25) is 0 Å². The highest BCUT2D eigenvalue weighted by atomic mass is 16.2. The molecule has 110 valence electrons. The highest BCUT2D eigenvalue weighted by Crippen LogP contribution is 2.33. The molecule has 0 saturated heterocycles. The number of nitrogens with two attached hydrogens (primary N) is 1. The number of amides is 1. The summed E-state index contributed by atoms with van der Waals surface area (Å²) in [6.45, 7) is 6.49. The first-order chi connectivity index (χ1) is 9.90. The Balaban J connectivity index is 2.05. The summed E-state index contributed by atoms with van der Waals surface area (Å²) in [5, 5.41) is 4.34. The quantitative estimate of drug-likeness (QED) is 0.816. The van der Waals surface area contributed by atoms with Crippen molar-refractivity contribution >= 4 is 17.3 Å². The zero-order valence-corrected chi connectivity index (χ0v) is 12.9. The van der Waals surface area contributed by atoms with Crippen molar-refractivity contribution in [3.8, 4) is 0 Å². The molecular weight excluding hydrogens is 264 g/mol. The second-order valence-electron chi connectivity index (χ2n) is 5.71. The third-order valence-electron chi connectivity index (χ3n) is 4.33. The molecule has 21 heavy (non-hydrogen) atoms. The molecule has 0 atom stereocenters. The number of carbonyl (C=O) groups is 1. The van der Waals surface area contributed by atoms with Gasteiger partial charge in [0.15, 0.2) is 0 Å². The van der Waals surface area contributed by atoms with Gasteiger partial charge in [-0.3, -0.25) is 9.48 Å². The molecule has 0 saturated carbocycles. The van der Waals surface area contributed by atoms with E-state index in [-0.39, 0.29) is 5.91 Å². The summed E-state index contributed by atoms with van der Waals surface area (Å²) in [7, 11) is 1.86. The molecule has 0 fully saturated rings. The average molecular weight is 284 g/mol. The summed E-state index contributed by atoms with van der Waals surface area (Å²) in [6, 6.07) is 4.00. The van der Waals surface area contributed by atoms with Crippen LogP contribution in [0.3, 0.4) is 0 Å². The van der Waals surface area contributed by atoms with Gasteiger partial charge in [0.25, 0.3) is 5.91 Å². The molecule has 0 radical (unpaired) electrons. The normalized spacial score (nSPS) is 13.6. The SMILES string of the molecule is Cc1cc2c(cc1N)N(C(=O)c1c(C)nn(C)c1C)CC2. The van der Waals surface area contributed by atoms with Crippen LogP contribution in [0.4, 0.5) is 11.4 Å². The van der Waals surface area contributed by atoms with Gasteiger partial charge in [-0.1, -0.05) is 6.07 Å². The van der Waals surface area contributed by atoms with Gasteiger partial charge in [-0.05, 0) is 44.4 Å². The lowest BCUT2D eigenvalue weighted by Crippen LogP contribution is -2.29. The van der Waals surface area contributed by atoms with E-state index in [4.69, 9.17) is 5.73 Å². The number of rotatable bonds is 1. The average Bonchev–Trinajstić information content (AvgIpc) is 2.92. The van der Waals surface area contributed by atoms with E-state index in [1.54, 1.807) is 4.68 Å². The molecule has 0 bridgehead atoms. The van der Waals surface area contributed by atoms with Gasteiger partial charge >= 0.3 is 0 Å². The Bertz CT molecular complexity index is 745. The van der Waals surface area contributed by atoms with E-state index in [1.807, 2.05) is 38.8 Å². The van der Waals surface area contributed by atoms with Crippen LogP contribution in [0.25, 0.3) is 0 Å². The first-order valence-corrected chi connectivity index (χ1v) is 7.11. The van der Waals surface area contributed by atoms with E-state index in [1.165, 1.54) is 5.56 Å². The number of aromatic nitrogens is 2. The lowest BCUT2D eigenvalue weighted by Gasteiger charge is -2.18. The van der Waals surface area contributed by atoms with E-state index in [2.05, 4.69) is 11.2 Å². The Morgan fingerprint density at radius 1 is 1.29 bits per heavy atom. The van der Waals surface area contributed by atoms with Crippen molar-refractivity contribution < 1.29 is 4.79 Å². The van der Waals surface area contributed by atoms with Gasteiger partial charge in [-0.2, -0.15) is 5.10 Å². The summed E-state index contributed by atoms with van der Waals surface area (Å²) in [6.07, 6.45) is 0.876. The van der Waals surface area contributed by atoms with E-state index in [0.717, 1.165) is 34.7 Å². The molecule has 0 unspecified atom stereocenters. The Hall–Kier alpha value is -2.30. The first kappa shape index (κ1) is 13.7. The Labute approximate surface area is 124 Å². The maximum atomic E-state index is 12.9. The fourth-order valence-corrected chi connectivity index (χ4v) is 3.01. The molecule has 0 spiro atoms. The van der Waals surface area contributed by atoms with Crippen LogP contribution >= 0.6 is 0 Å². The van der Waals surface area contributed by atoms with Gasteiger partial charge < -0.3 is 10.6 Å². The predicted molar refractivity (Wildman–Crippen MR) is 83.7 cm³/mol. The first-order valence-electron chi connectivity index (χ1n) is 7.11. The molecule has 2 heterocycles. The molecule has 3 rings (SSSR count). The predicted octanol–water partition coefficient (Wildman–Crippen LogP) is 2.13. The maximum absolute atomic E-state index is 12.9. The third kappa shape index (κ3) is 2.00. The zero-order valence-electron chi connectivity index (χ0n) is 12.9. The van der Waals surface area contributed by atoms with Crippen molar-refractivity contribution in [2.45, 2.75) is 27.2 Å². The number of anilines is 2. The minimum absolute atomic E-state index is 0.0140. The van der Waals surface area contributed by atoms with Gasteiger partial charge in [0.1, 0.15) is 0 Å². The maximum Gasteiger partial charge on any atom is 0.262 e. The molecular formula is C16H20N4O. The largest absolute Gasteiger partial charge is 0.398 e. The number of nitrogens with zero attached hydrogens (tertiary/aromatic N) is 3. The number of hydrogen-bond acceptors (Lipinski definition) is 3. The minimum atomic E-state index is 0.0140. The van der Waals surface area contributed by atoms with E-state index < -0.39 is 0 Å². The van der Waals surface area contributed by atoms with Gasteiger partial charge in [0, 0.05) is 30.7 Å². The molecule has 2 aromatic rings. The summed E-state index contributed by atoms with van der Waals surface area (Å²) in [4.78, 5) is 14.7. The third-order valence-corrected chi connectivity index (χ3v) is 4.33. The Morgan fingerprint density at radius 3 is 2.62 bits per heavy atom. The van der Waals surface area contributed by atoms with Crippen LogP contribution in [0, 0.1) is 20.8 Å². The van der Waals surface area contributed by atoms with Crippen LogP contribution in [0.15, 0.2) is 12.1 Å². The lowest BCUT2D eigenvalue weighted by atomic mass is 10.1. The minimum Gasteiger partial charge on any atom is -0.398 e. The number of carbonyl (C=O) groups excluding carboxylic acids is 1. The highest BCUT2D eigenvalue weighted by Gasteiger charge is 2.29. The standard InChI is InChI=1S/C16H20N4O/c1-9-7-12-5-6-20(14(12)8-13(9)17)16(21)15-10(2)18-19(4)11(15)3/h7-8H,5-6,17H2,1-4H3. The van der Waals surface area contributed by atoms with Crippen molar-refractivity contribution in [2.24, 2.45) is 7.05 Å². The molecule has 2 N–H and O–H groups in total. The van der Waals surface area contributed by atoms with E-state index in [0.29, 0.717) is 12.1 Å². The smallest absolute Gasteiger partial charge is 0.262 e. The molecule has 1 aliphatic rings. The van der Waals surface area contributed by atoms with Gasteiger partial charge in [-0.25, -0.2) is 0 Å². The Morgan fingerprint density at radius 2 is 2.00 bits per heavy atom. The zero-order chi connectivity index (χ0) is 15.3. The van der Waals surface area contributed by atoms with Gasteiger partial charge in [-0.15, -0.1) is 0 Å². The molecule has 5 nitrogen and oxygen atoms in total. The molecule has 0 aliphatic carbocycles. The van der Waals surface area contributed by atoms with E-state index >= 15 is 0 Å². The van der Waals surface area contributed by atoms with Crippen molar-refractivity contribution in [2.75, 3.05) is 17.2 Å². The number of aryl methyl sites for hydroxylation is 3. The van der Waals surface area contributed by atoms with Crippen LogP contribution in [0.1, 0.15) is 32.9 Å². The van der Waals surface area contributed by atoms with Crippen LogP contribution < -0.4 is 10.6 Å². The van der Waals surface area contributed by atoms with Gasteiger partial charge in [0.05, 0.1) is 11.3 Å². The van der Waals surface area contributed by atoms with Crippen molar-refractivity contribution in [3.05, 3.63) is 40.2 Å². The van der Waals surface area contributed by atoms with Gasteiger partial charge in [0.2, 0.25) is 0 Å².